The number of nitrogens with zero attached hydrogens (tertiary/aromatic N) is 2. The fourth-order valence-corrected chi connectivity index (χ4v) is 2.42. The summed E-state index contributed by atoms with van der Waals surface area (Å²) in [6.07, 6.45) is 1.61. The van der Waals surface area contributed by atoms with E-state index in [2.05, 4.69) is 10.3 Å². The third-order valence-electron chi connectivity index (χ3n) is 2.63. The topological polar surface area (TPSA) is 105 Å². The minimum atomic E-state index is -1.49. The average molecular weight is 311 g/mol. The van der Waals surface area contributed by atoms with Crippen molar-refractivity contribution in [3.05, 3.63) is 49.7 Å². The Kier molecular flexibility index (Phi) is 4.13. The van der Waals surface area contributed by atoms with Crippen LogP contribution in [-0.2, 0) is 6.54 Å². The molecule has 2 N–H and O–H groups in total. The van der Waals surface area contributed by atoms with Crippen LogP contribution in [0.1, 0.15) is 20.2 Å². The molecule has 110 valence electrons. The fraction of sp³-hybridized carbons (Fsp3) is 0.167. The van der Waals surface area contributed by atoms with Gasteiger partial charge in [0.15, 0.2) is 0 Å². The summed E-state index contributed by atoms with van der Waals surface area (Å²) in [5, 5.41) is 23.4. The number of aryl methyl sites for hydroxylation is 1. The number of halogens is 1. The number of aromatic carboxylic acids is 1. The first kappa shape index (κ1) is 14.9. The van der Waals surface area contributed by atoms with Crippen molar-refractivity contribution in [1.82, 2.24) is 4.98 Å². The van der Waals surface area contributed by atoms with Crippen molar-refractivity contribution in [2.45, 2.75) is 13.5 Å². The van der Waals surface area contributed by atoms with Crippen molar-refractivity contribution < 1.29 is 19.2 Å². The number of nitro benzene ring substituents is 1. The molecule has 2 rings (SSSR count). The van der Waals surface area contributed by atoms with E-state index in [1.807, 2.05) is 6.92 Å². The van der Waals surface area contributed by atoms with Gasteiger partial charge < -0.3 is 10.4 Å². The molecule has 0 spiro atoms. The molecule has 0 bridgehead atoms. The van der Waals surface area contributed by atoms with Crippen LogP contribution in [0.4, 0.5) is 15.8 Å². The van der Waals surface area contributed by atoms with Gasteiger partial charge in [-0.3, -0.25) is 10.1 Å². The zero-order valence-electron chi connectivity index (χ0n) is 10.8. The quantitative estimate of drug-likeness (QED) is 0.649. The Morgan fingerprint density at radius 2 is 2.29 bits per heavy atom. The van der Waals surface area contributed by atoms with Crippen molar-refractivity contribution in [1.29, 1.82) is 0 Å². The van der Waals surface area contributed by atoms with Gasteiger partial charge >= 0.3 is 5.97 Å². The predicted octanol–water partition coefficient (Wildman–Crippen LogP) is 2.81. The van der Waals surface area contributed by atoms with Gasteiger partial charge in [-0.2, -0.15) is 0 Å². The van der Waals surface area contributed by atoms with Crippen LogP contribution in [0, 0.1) is 22.9 Å². The van der Waals surface area contributed by atoms with Crippen LogP contribution in [0.2, 0.25) is 0 Å². The number of carbonyl (C=O) groups is 1. The normalized spacial score (nSPS) is 10.4. The monoisotopic (exact) mass is 311 g/mol. The van der Waals surface area contributed by atoms with Gasteiger partial charge in [0.2, 0.25) is 0 Å². The van der Waals surface area contributed by atoms with E-state index < -0.39 is 28.0 Å². The number of hydrogen-bond donors (Lipinski definition) is 2. The van der Waals surface area contributed by atoms with E-state index in [0.29, 0.717) is 6.07 Å². The van der Waals surface area contributed by atoms with E-state index in [-0.39, 0.29) is 12.2 Å². The van der Waals surface area contributed by atoms with Crippen molar-refractivity contribution in [2.24, 2.45) is 0 Å². The number of carboxylic acids is 1. The van der Waals surface area contributed by atoms with Crippen molar-refractivity contribution >= 4 is 28.7 Å². The minimum Gasteiger partial charge on any atom is -0.478 e. The summed E-state index contributed by atoms with van der Waals surface area (Å²) in [5.74, 6) is -2.63. The van der Waals surface area contributed by atoms with Crippen molar-refractivity contribution in [2.75, 3.05) is 5.32 Å². The Bertz CT molecular complexity index is 717. The average Bonchev–Trinajstić information content (AvgIpc) is 2.82. The standard InChI is InChI=1S/C12H10FN3O4S/c1-6-14-4-7(21-6)5-15-10-2-8(12(17)18)9(13)3-11(10)16(19)20/h2-4,15H,5H2,1H3,(H,17,18). The second-order valence-electron chi connectivity index (χ2n) is 4.11. The van der Waals surface area contributed by atoms with Crippen LogP contribution in [-0.4, -0.2) is 21.0 Å². The van der Waals surface area contributed by atoms with E-state index >= 15 is 0 Å². The van der Waals surface area contributed by atoms with Gasteiger partial charge in [0, 0.05) is 11.1 Å². The first-order valence-electron chi connectivity index (χ1n) is 5.75. The Morgan fingerprint density at radius 3 is 2.81 bits per heavy atom. The van der Waals surface area contributed by atoms with Gasteiger partial charge in [-0.25, -0.2) is 14.2 Å². The largest absolute Gasteiger partial charge is 0.478 e. The second-order valence-corrected chi connectivity index (χ2v) is 5.43. The highest BCUT2D eigenvalue weighted by molar-refractivity contribution is 7.11. The molecule has 0 aliphatic carbocycles. The molecular formula is C12H10FN3O4S. The molecule has 21 heavy (non-hydrogen) atoms. The molecule has 0 saturated heterocycles. The molecule has 0 amide bonds. The van der Waals surface area contributed by atoms with E-state index in [4.69, 9.17) is 5.11 Å². The first-order valence-corrected chi connectivity index (χ1v) is 6.56. The SMILES string of the molecule is Cc1ncc(CNc2cc(C(=O)O)c(F)cc2[N+](=O)[O-])s1. The summed E-state index contributed by atoms with van der Waals surface area (Å²) in [5.41, 5.74) is -1.19. The second kappa shape index (κ2) is 5.83. The number of nitro groups is 1. The number of anilines is 1. The van der Waals surface area contributed by atoms with Crippen LogP contribution in [0.5, 0.6) is 0 Å². The summed E-state index contributed by atoms with van der Waals surface area (Å²) in [4.78, 5) is 25.9. The first-order chi connectivity index (χ1) is 9.88. The lowest BCUT2D eigenvalue weighted by atomic mass is 10.1. The lowest BCUT2D eigenvalue weighted by Gasteiger charge is -2.07. The smallest absolute Gasteiger partial charge is 0.338 e. The number of thiazole rings is 1. The minimum absolute atomic E-state index is 0.0511. The molecule has 0 aliphatic rings. The maximum absolute atomic E-state index is 13.5. The summed E-state index contributed by atoms with van der Waals surface area (Å²) >= 11 is 1.40. The van der Waals surface area contributed by atoms with E-state index in [0.717, 1.165) is 16.0 Å². The van der Waals surface area contributed by atoms with E-state index in [1.54, 1.807) is 6.20 Å². The lowest BCUT2D eigenvalue weighted by Crippen LogP contribution is -2.07. The Labute approximate surface area is 122 Å². The third kappa shape index (κ3) is 3.31. The maximum atomic E-state index is 13.5. The number of carboxylic acid groups (broad SMARTS) is 1. The Balaban J connectivity index is 2.33. The van der Waals surface area contributed by atoms with Gasteiger partial charge in [-0.05, 0) is 13.0 Å². The molecule has 1 aromatic carbocycles. The molecule has 1 aromatic heterocycles. The zero-order valence-corrected chi connectivity index (χ0v) is 11.6. The molecule has 1 heterocycles. The molecule has 0 radical (unpaired) electrons. The highest BCUT2D eigenvalue weighted by Gasteiger charge is 2.21. The summed E-state index contributed by atoms with van der Waals surface area (Å²) in [6, 6.07) is 1.52. The number of benzene rings is 1. The molecule has 0 unspecified atom stereocenters. The highest BCUT2D eigenvalue weighted by atomic mass is 32.1. The predicted molar refractivity (Wildman–Crippen MR) is 74.2 cm³/mol. The molecule has 0 saturated carbocycles. The summed E-state index contributed by atoms with van der Waals surface area (Å²) in [7, 11) is 0. The number of aromatic nitrogens is 1. The van der Waals surface area contributed by atoms with Crippen LogP contribution in [0.15, 0.2) is 18.3 Å². The van der Waals surface area contributed by atoms with Gasteiger partial charge in [0.1, 0.15) is 11.5 Å². The van der Waals surface area contributed by atoms with E-state index in [1.165, 1.54) is 11.3 Å². The maximum Gasteiger partial charge on any atom is 0.338 e. The van der Waals surface area contributed by atoms with Crippen LogP contribution >= 0.6 is 11.3 Å². The Morgan fingerprint density at radius 1 is 1.57 bits per heavy atom. The van der Waals surface area contributed by atoms with Gasteiger partial charge in [-0.1, -0.05) is 0 Å². The molecule has 9 heteroatoms. The third-order valence-corrected chi connectivity index (χ3v) is 3.55. The van der Waals surface area contributed by atoms with Crippen molar-refractivity contribution in [3.63, 3.8) is 0 Å². The molecular weight excluding hydrogens is 301 g/mol. The van der Waals surface area contributed by atoms with Crippen LogP contribution in [0.25, 0.3) is 0 Å². The lowest BCUT2D eigenvalue weighted by molar-refractivity contribution is -0.384. The molecule has 0 atom stereocenters. The van der Waals surface area contributed by atoms with E-state index in [9.17, 15) is 19.3 Å². The molecule has 7 nitrogen and oxygen atoms in total. The van der Waals surface area contributed by atoms with Gasteiger partial charge in [0.25, 0.3) is 5.69 Å². The fourth-order valence-electron chi connectivity index (χ4n) is 1.69. The molecule has 0 aliphatic heterocycles. The summed E-state index contributed by atoms with van der Waals surface area (Å²) < 4.78 is 13.5. The van der Waals surface area contributed by atoms with Crippen molar-refractivity contribution in [3.8, 4) is 0 Å². The van der Waals surface area contributed by atoms with Crippen LogP contribution in [0.3, 0.4) is 0 Å². The highest BCUT2D eigenvalue weighted by Crippen LogP contribution is 2.28. The zero-order chi connectivity index (χ0) is 15.6. The molecule has 0 fully saturated rings. The van der Waals surface area contributed by atoms with Gasteiger partial charge in [-0.15, -0.1) is 11.3 Å². The number of rotatable bonds is 5. The van der Waals surface area contributed by atoms with Gasteiger partial charge in [0.05, 0.1) is 28.1 Å². The van der Waals surface area contributed by atoms with Crippen LogP contribution < -0.4 is 5.32 Å². The number of hydrogen-bond acceptors (Lipinski definition) is 6. The number of nitrogens with one attached hydrogen (secondary N) is 1. The summed E-state index contributed by atoms with van der Waals surface area (Å²) in [6.45, 7) is 2.05. The Hall–Kier alpha value is -2.55. The molecule has 2 aromatic rings.